The zero-order valence-corrected chi connectivity index (χ0v) is 18.8. The summed E-state index contributed by atoms with van der Waals surface area (Å²) in [6.07, 6.45) is 4.03. The molecule has 0 bridgehead atoms. The average Bonchev–Trinajstić information content (AvgIpc) is 3.47. The molecular formula is C27H23NO6. The van der Waals surface area contributed by atoms with Gasteiger partial charge in [-0.05, 0) is 35.4 Å². The number of phenolic OH excluding ortho intramolecular Hbond substituents is 1. The number of H-pyrrole nitrogens is 1. The third kappa shape index (κ3) is 3.92. The van der Waals surface area contributed by atoms with E-state index in [1.54, 1.807) is 26.5 Å². The molecule has 5 rings (SSSR count). The van der Waals surface area contributed by atoms with E-state index in [2.05, 4.69) is 4.98 Å². The molecule has 0 aliphatic carbocycles. The number of hydrogen-bond acceptors (Lipinski definition) is 6. The normalized spacial score (nSPS) is 11.1. The highest BCUT2D eigenvalue weighted by molar-refractivity contribution is 6.10. The Bertz CT molecular complexity index is 1470. The Morgan fingerprint density at radius 3 is 2.56 bits per heavy atom. The van der Waals surface area contributed by atoms with E-state index in [9.17, 15) is 9.90 Å². The zero-order valence-electron chi connectivity index (χ0n) is 18.8. The first-order valence-corrected chi connectivity index (χ1v) is 10.8. The van der Waals surface area contributed by atoms with Crippen LogP contribution in [0, 0.1) is 0 Å². The van der Waals surface area contributed by atoms with E-state index in [0.29, 0.717) is 34.5 Å². The van der Waals surface area contributed by atoms with Crippen molar-refractivity contribution in [1.82, 2.24) is 4.98 Å². The van der Waals surface area contributed by atoms with Gasteiger partial charge in [0, 0.05) is 46.6 Å². The smallest absolute Gasteiger partial charge is 0.339 e. The molecule has 172 valence electrons. The van der Waals surface area contributed by atoms with Crippen molar-refractivity contribution >= 4 is 27.8 Å². The van der Waals surface area contributed by atoms with E-state index in [1.165, 1.54) is 12.1 Å². The van der Waals surface area contributed by atoms with Crippen LogP contribution in [0.4, 0.5) is 0 Å². The van der Waals surface area contributed by atoms with Crippen LogP contribution in [0.15, 0.2) is 71.5 Å². The molecule has 0 saturated carbocycles. The maximum absolute atomic E-state index is 13.1. The predicted octanol–water partition coefficient (Wildman–Crippen LogP) is 5.70. The maximum Gasteiger partial charge on any atom is 0.339 e. The Morgan fingerprint density at radius 2 is 1.79 bits per heavy atom. The van der Waals surface area contributed by atoms with Gasteiger partial charge in [-0.1, -0.05) is 18.2 Å². The van der Waals surface area contributed by atoms with Crippen molar-refractivity contribution in [2.45, 2.75) is 6.42 Å². The largest absolute Gasteiger partial charge is 0.508 e. The van der Waals surface area contributed by atoms with Gasteiger partial charge in [0.05, 0.1) is 32.7 Å². The van der Waals surface area contributed by atoms with Crippen LogP contribution in [0.25, 0.3) is 33.0 Å². The molecule has 0 aliphatic heterocycles. The van der Waals surface area contributed by atoms with Gasteiger partial charge in [0.15, 0.2) is 0 Å². The molecule has 2 N–H and O–H groups in total. The van der Waals surface area contributed by atoms with Gasteiger partial charge in [0.2, 0.25) is 0 Å². The predicted molar refractivity (Wildman–Crippen MR) is 129 cm³/mol. The second-order valence-corrected chi connectivity index (χ2v) is 7.86. The topological polar surface area (TPSA) is 93.9 Å². The molecule has 0 aliphatic rings. The molecule has 0 saturated heterocycles. The molecule has 0 amide bonds. The molecule has 2 aromatic heterocycles. The number of carbonyl (C=O) groups excluding carboxylic acids is 1. The van der Waals surface area contributed by atoms with Crippen LogP contribution >= 0.6 is 0 Å². The first-order valence-electron chi connectivity index (χ1n) is 10.8. The number of nitrogens with one attached hydrogen (secondary N) is 1. The molecule has 0 fully saturated rings. The van der Waals surface area contributed by atoms with Crippen molar-refractivity contribution in [1.29, 1.82) is 0 Å². The zero-order chi connectivity index (χ0) is 23.7. The fraction of sp³-hybridized carbons (Fsp3) is 0.148. The van der Waals surface area contributed by atoms with Crippen molar-refractivity contribution in [3.63, 3.8) is 0 Å². The van der Waals surface area contributed by atoms with Crippen LogP contribution < -0.4 is 9.47 Å². The minimum absolute atomic E-state index is 0.0831. The van der Waals surface area contributed by atoms with Crippen LogP contribution in [0.1, 0.15) is 15.9 Å². The number of rotatable bonds is 7. The first kappa shape index (κ1) is 21.5. The van der Waals surface area contributed by atoms with E-state index < -0.39 is 5.97 Å². The lowest BCUT2D eigenvalue weighted by Crippen LogP contribution is -2.08. The van der Waals surface area contributed by atoms with Crippen LogP contribution in [0.5, 0.6) is 17.2 Å². The van der Waals surface area contributed by atoms with E-state index in [0.717, 1.165) is 22.0 Å². The van der Waals surface area contributed by atoms with Crippen LogP contribution in [0.3, 0.4) is 0 Å². The number of esters is 1. The Balaban J connectivity index is 1.46. The van der Waals surface area contributed by atoms with Gasteiger partial charge in [-0.25, -0.2) is 4.79 Å². The number of aromatic hydroxyl groups is 1. The summed E-state index contributed by atoms with van der Waals surface area (Å²) in [5, 5.41) is 11.8. The molecular weight excluding hydrogens is 434 g/mol. The molecule has 5 aromatic rings. The number of para-hydroxylation sites is 1. The maximum atomic E-state index is 13.1. The molecule has 0 atom stereocenters. The summed E-state index contributed by atoms with van der Waals surface area (Å²) in [5.74, 6) is 0.578. The van der Waals surface area contributed by atoms with E-state index >= 15 is 0 Å². The molecule has 7 heteroatoms. The lowest BCUT2D eigenvalue weighted by molar-refractivity contribution is 0.0511. The number of phenols is 1. The minimum atomic E-state index is -0.543. The Labute approximate surface area is 195 Å². The fourth-order valence-electron chi connectivity index (χ4n) is 4.16. The minimum Gasteiger partial charge on any atom is -0.508 e. The van der Waals surface area contributed by atoms with Crippen LogP contribution in [-0.2, 0) is 11.2 Å². The summed E-state index contributed by atoms with van der Waals surface area (Å²) < 4.78 is 22.0. The van der Waals surface area contributed by atoms with Gasteiger partial charge in [-0.2, -0.15) is 0 Å². The summed E-state index contributed by atoms with van der Waals surface area (Å²) >= 11 is 0. The molecule has 0 unspecified atom stereocenters. The van der Waals surface area contributed by atoms with Gasteiger partial charge < -0.3 is 28.7 Å². The first-order chi connectivity index (χ1) is 16.6. The average molecular weight is 457 g/mol. The Morgan fingerprint density at radius 1 is 1.03 bits per heavy atom. The SMILES string of the molecule is COc1cc(OC)cc(-c2coc3cc(O)cc(C(=O)OCCc4c[nH]c5ccccc45)c23)c1. The fourth-order valence-corrected chi connectivity index (χ4v) is 4.16. The number of carbonyl (C=O) groups is 1. The number of fused-ring (bicyclic) bond motifs is 2. The van der Waals surface area contributed by atoms with E-state index in [4.69, 9.17) is 18.6 Å². The molecule has 0 spiro atoms. The highest BCUT2D eigenvalue weighted by Crippen LogP contribution is 2.38. The lowest BCUT2D eigenvalue weighted by atomic mass is 10.00. The number of benzene rings is 3. The quantitative estimate of drug-likeness (QED) is 0.304. The van der Waals surface area contributed by atoms with Crippen LogP contribution in [0.2, 0.25) is 0 Å². The number of aromatic nitrogens is 1. The third-order valence-corrected chi connectivity index (χ3v) is 5.82. The summed E-state index contributed by atoms with van der Waals surface area (Å²) in [6.45, 7) is 0.192. The summed E-state index contributed by atoms with van der Waals surface area (Å²) in [7, 11) is 3.14. The van der Waals surface area contributed by atoms with Crippen molar-refractivity contribution < 1.29 is 28.5 Å². The van der Waals surface area contributed by atoms with Gasteiger partial charge in [-0.15, -0.1) is 0 Å². The van der Waals surface area contributed by atoms with Crippen LogP contribution in [-0.4, -0.2) is 36.9 Å². The van der Waals surface area contributed by atoms with Gasteiger partial charge in [0.1, 0.15) is 22.8 Å². The lowest BCUT2D eigenvalue weighted by Gasteiger charge is -2.10. The standard InChI is InChI=1S/C27H23NO6/c1-31-19-9-17(10-20(13-19)32-2)23-15-34-25-12-18(29)11-22(26(23)25)27(30)33-8-7-16-14-28-24-6-4-3-5-21(16)24/h3-6,9-15,28-29H,7-8H2,1-2H3. The monoisotopic (exact) mass is 457 g/mol. The number of aromatic amines is 1. The summed E-state index contributed by atoms with van der Waals surface area (Å²) in [4.78, 5) is 16.3. The Hall–Kier alpha value is -4.39. The molecule has 34 heavy (non-hydrogen) atoms. The number of hydrogen-bond donors (Lipinski definition) is 2. The van der Waals surface area contributed by atoms with Crippen molar-refractivity contribution in [3.05, 3.63) is 78.2 Å². The second kappa shape index (κ2) is 8.86. The van der Waals surface area contributed by atoms with E-state index in [1.807, 2.05) is 42.6 Å². The molecule has 7 nitrogen and oxygen atoms in total. The highest BCUT2D eigenvalue weighted by Gasteiger charge is 2.21. The Kier molecular flexibility index (Phi) is 5.59. The van der Waals surface area contributed by atoms with Gasteiger partial charge in [0.25, 0.3) is 0 Å². The molecule has 2 heterocycles. The highest BCUT2D eigenvalue weighted by atomic mass is 16.5. The number of methoxy groups -OCH3 is 2. The van der Waals surface area contributed by atoms with Crippen molar-refractivity contribution in [3.8, 4) is 28.4 Å². The van der Waals surface area contributed by atoms with Gasteiger partial charge in [-0.3, -0.25) is 0 Å². The second-order valence-electron chi connectivity index (χ2n) is 7.86. The van der Waals surface area contributed by atoms with Crippen molar-refractivity contribution in [2.75, 3.05) is 20.8 Å². The summed E-state index contributed by atoms with van der Waals surface area (Å²) in [6, 6.07) is 16.3. The van der Waals surface area contributed by atoms with Gasteiger partial charge >= 0.3 is 5.97 Å². The third-order valence-electron chi connectivity index (χ3n) is 5.82. The summed E-state index contributed by atoms with van der Waals surface area (Å²) in [5.41, 5.74) is 4.11. The molecule has 0 radical (unpaired) electrons. The van der Waals surface area contributed by atoms with Crippen molar-refractivity contribution in [2.24, 2.45) is 0 Å². The molecule has 3 aromatic carbocycles. The number of ether oxygens (including phenoxy) is 3. The number of furan rings is 1. The van der Waals surface area contributed by atoms with E-state index in [-0.39, 0.29) is 17.9 Å².